The monoisotopic (exact) mass is 317 g/mol. The van der Waals surface area contributed by atoms with Crippen LogP contribution in [-0.4, -0.2) is 29.5 Å². The Morgan fingerprint density at radius 2 is 2.11 bits per heavy atom. The summed E-state index contributed by atoms with van der Waals surface area (Å²) in [4.78, 5) is 0. The van der Waals surface area contributed by atoms with Gasteiger partial charge in [-0.1, -0.05) is 20.8 Å². The van der Waals surface area contributed by atoms with Crippen molar-refractivity contribution in [2.75, 3.05) is 13.7 Å². The molecule has 0 bridgehead atoms. The van der Waals surface area contributed by atoms with Crippen LogP contribution in [0.4, 0.5) is 0 Å². The van der Waals surface area contributed by atoms with E-state index in [-0.39, 0.29) is 0 Å². The lowest BCUT2D eigenvalue weighted by molar-refractivity contribution is 0.146. The number of aromatic nitrogens is 2. The van der Waals surface area contributed by atoms with Gasteiger partial charge in [-0.2, -0.15) is 5.10 Å². The van der Waals surface area contributed by atoms with E-state index < -0.39 is 0 Å². The molecule has 4 nitrogen and oxygen atoms in total. The molecule has 0 amide bonds. The molecule has 0 aliphatic carbocycles. The number of nitrogens with zero attached hydrogens (tertiary/aromatic N) is 2. The minimum Gasteiger partial charge on any atom is -0.383 e. The lowest BCUT2D eigenvalue weighted by Crippen LogP contribution is -2.37. The molecule has 1 N–H and O–H groups in total. The fourth-order valence-electron chi connectivity index (χ4n) is 1.91. The molecular formula is C13H24BrN3O. The van der Waals surface area contributed by atoms with E-state index in [1.807, 2.05) is 11.7 Å². The molecule has 1 rings (SSSR count). The van der Waals surface area contributed by atoms with Gasteiger partial charge in [-0.15, -0.1) is 0 Å². The van der Waals surface area contributed by atoms with Crippen LogP contribution in [0.2, 0.25) is 0 Å². The van der Waals surface area contributed by atoms with Gasteiger partial charge in [-0.05, 0) is 28.3 Å². The summed E-state index contributed by atoms with van der Waals surface area (Å²) < 4.78 is 8.31. The largest absolute Gasteiger partial charge is 0.383 e. The molecule has 1 heterocycles. The highest BCUT2D eigenvalue weighted by Crippen LogP contribution is 2.21. The van der Waals surface area contributed by atoms with E-state index in [4.69, 9.17) is 4.74 Å². The van der Waals surface area contributed by atoms with E-state index in [1.54, 1.807) is 7.11 Å². The average molecular weight is 318 g/mol. The smallest absolute Gasteiger partial charge is 0.0767 e. The first kappa shape index (κ1) is 15.7. The lowest BCUT2D eigenvalue weighted by Gasteiger charge is -2.21. The molecule has 0 spiro atoms. The quantitative estimate of drug-likeness (QED) is 0.840. The molecule has 5 heteroatoms. The van der Waals surface area contributed by atoms with Crippen molar-refractivity contribution in [1.82, 2.24) is 15.1 Å². The molecule has 104 valence electrons. The third-order valence-electron chi connectivity index (χ3n) is 3.19. The number of methoxy groups -OCH3 is 1. The average Bonchev–Trinajstić information content (AvgIpc) is 2.60. The van der Waals surface area contributed by atoms with Crippen LogP contribution < -0.4 is 5.32 Å². The van der Waals surface area contributed by atoms with Gasteiger partial charge < -0.3 is 10.1 Å². The molecule has 1 aromatic rings. The van der Waals surface area contributed by atoms with Crippen LogP contribution in [-0.2, 0) is 24.8 Å². The van der Waals surface area contributed by atoms with Crippen molar-refractivity contribution >= 4 is 15.9 Å². The van der Waals surface area contributed by atoms with Crippen LogP contribution in [0, 0.1) is 5.92 Å². The van der Waals surface area contributed by atoms with E-state index >= 15 is 0 Å². The van der Waals surface area contributed by atoms with Gasteiger partial charge in [0.05, 0.1) is 22.5 Å². The molecule has 0 fully saturated rings. The predicted octanol–water partition coefficient (Wildman–Crippen LogP) is 2.51. The number of hydrogen-bond donors (Lipinski definition) is 1. The van der Waals surface area contributed by atoms with E-state index in [9.17, 15) is 0 Å². The third-order valence-corrected chi connectivity index (χ3v) is 4.10. The Bertz CT molecular complexity index is 377. The topological polar surface area (TPSA) is 39.1 Å². The van der Waals surface area contributed by atoms with E-state index in [0.717, 1.165) is 29.7 Å². The van der Waals surface area contributed by atoms with E-state index in [1.165, 1.54) is 5.69 Å². The zero-order chi connectivity index (χ0) is 13.7. The molecule has 0 aromatic carbocycles. The van der Waals surface area contributed by atoms with Gasteiger partial charge in [-0.3, -0.25) is 4.68 Å². The van der Waals surface area contributed by atoms with Crippen molar-refractivity contribution in [3.8, 4) is 0 Å². The van der Waals surface area contributed by atoms with Gasteiger partial charge >= 0.3 is 0 Å². The van der Waals surface area contributed by atoms with Crippen molar-refractivity contribution < 1.29 is 4.74 Å². The van der Waals surface area contributed by atoms with Crippen LogP contribution in [0.15, 0.2) is 4.47 Å². The summed E-state index contributed by atoms with van der Waals surface area (Å²) >= 11 is 3.63. The summed E-state index contributed by atoms with van der Waals surface area (Å²) in [5.74, 6) is 0.544. The van der Waals surface area contributed by atoms with Gasteiger partial charge in [0, 0.05) is 26.7 Å². The Morgan fingerprint density at radius 3 is 2.56 bits per heavy atom. The molecule has 1 aromatic heterocycles. The normalized spacial score (nSPS) is 13.3. The summed E-state index contributed by atoms with van der Waals surface area (Å²) in [6.07, 6.45) is 0.945. The van der Waals surface area contributed by atoms with Crippen LogP contribution in [0.25, 0.3) is 0 Å². The molecule has 0 aliphatic rings. The summed E-state index contributed by atoms with van der Waals surface area (Å²) in [5, 5.41) is 8.04. The van der Waals surface area contributed by atoms with E-state index in [0.29, 0.717) is 12.0 Å². The number of rotatable bonds is 7. The maximum absolute atomic E-state index is 5.24. The van der Waals surface area contributed by atoms with Crippen molar-refractivity contribution in [2.24, 2.45) is 13.0 Å². The van der Waals surface area contributed by atoms with Crippen LogP contribution >= 0.6 is 15.9 Å². The summed E-state index contributed by atoms with van der Waals surface area (Å²) in [6.45, 7) is 8.05. The van der Waals surface area contributed by atoms with Crippen molar-refractivity contribution in [2.45, 2.75) is 39.8 Å². The number of hydrogen-bond acceptors (Lipinski definition) is 3. The van der Waals surface area contributed by atoms with Crippen molar-refractivity contribution in [3.63, 3.8) is 0 Å². The third kappa shape index (κ3) is 3.80. The molecule has 1 unspecified atom stereocenters. The highest BCUT2D eigenvalue weighted by Gasteiger charge is 2.16. The minimum atomic E-state index is 0.363. The van der Waals surface area contributed by atoms with Crippen LogP contribution in [0.5, 0.6) is 0 Å². The lowest BCUT2D eigenvalue weighted by atomic mass is 10.1. The Kier molecular flexibility index (Phi) is 6.32. The second-order valence-corrected chi connectivity index (χ2v) is 5.66. The van der Waals surface area contributed by atoms with Gasteiger partial charge in [0.25, 0.3) is 0 Å². The van der Waals surface area contributed by atoms with E-state index in [2.05, 4.69) is 47.1 Å². The van der Waals surface area contributed by atoms with Crippen molar-refractivity contribution in [3.05, 3.63) is 15.9 Å². The fraction of sp³-hybridized carbons (Fsp3) is 0.769. The highest BCUT2D eigenvalue weighted by molar-refractivity contribution is 9.10. The molecular weight excluding hydrogens is 294 g/mol. The highest BCUT2D eigenvalue weighted by atomic mass is 79.9. The molecule has 0 radical (unpaired) electrons. The number of nitrogens with one attached hydrogen (secondary N) is 1. The molecule has 0 saturated heterocycles. The maximum atomic E-state index is 5.24. The SMILES string of the molecule is CCc1nn(C)c(CNC(COC)C(C)C)c1Br. The summed E-state index contributed by atoms with van der Waals surface area (Å²) in [5.41, 5.74) is 2.30. The van der Waals surface area contributed by atoms with Gasteiger partial charge in [-0.25, -0.2) is 0 Å². The standard InChI is InChI=1S/C13H24BrN3O/c1-6-10-13(14)12(17(4)16-10)7-15-11(8-18-5)9(2)3/h9,11,15H,6-8H2,1-5H3. The molecule has 0 saturated carbocycles. The Labute approximate surface area is 118 Å². The fourth-order valence-corrected chi connectivity index (χ4v) is 2.66. The van der Waals surface area contributed by atoms with Gasteiger partial charge in [0.15, 0.2) is 0 Å². The maximum Gasteiger partial charge on any atom is 0.0767 e. The van der Waals surface area contributed by atoms with Crippen LogP contribution in [0.3, 0.4) is 0 Å². The Hall–Kier alpha value is -0.390. The first-order valence-electron chi connectivity index (χ1n) is 6.43. The van der Waals surface area contributed by atoms with Crippen LogP contribution in [0.1, 0.15) is 32.2 Å². The second kappa shape index (κ2) is 7.26. The number of aryl methyl sites for hydroxylation is 2. The minimum absolute atomic E-state index is 0.363. The molecule has 18 heavy (non-hydrogen) atoms. The second-order valence-electron chi connectivity index (χ2n) is 4.87. The number of halogens is 1. The zero-order valence-corrected chi connectivity index (χ0v) is 13.5. The van der Waals surface area contributed by atoms with Crippen molar-refractivity contribution in [1.29, 1.82) is 0 Å². The summed E-state index contributed by atoms with van der Waals surface area (Å²) in [6, 6.07) is 0.363. The number of ether oxygens (including phenoxy) is 1. The van der Waals surface area contributed by atoms with Gasteiger partial charge in [0.1, 0.15) is 0 Å². The Balaban J connectivity index is 2.70. The zero-order valence-electron chi connectivity index (χ0n) is 12.0. The first-order chi connectivity index (χ1) is 8.51. The first-order valence-corrected chi connectivity index (χ1v) is 7.23. The molecule has 1 atom stereocenters. The van der Waals surface area contributed by atoms with Gasteiger partial charge in [0.2, 0.25) is 0 Å². The summed E-state index contributed by atoms with van der Waals surface area (Å²) in [7, 11) is 3.73. The predicted molar refractivity (Wildman–Crippen MR) is 77.6 cm³/mol. The Morgan fingerprint density at radius 1 is 1.44 bits per heavy atom. The molecule has 0 aliphatic heterocycles.